The minimum absolute atomic E-state index is 0.0323. The van der Waals surface area contributed by atoms with E-state index in [1.54, 1.807) is 6.20 Å². The summed E-state index contributed by atoms with van der Waals surface area (Å²) in [5.41, 5.74) is 3.75. The molecule has 1 aromatic heterocycles. The summed E-state index contributed by atoms with van der Waals surface area (Å²) in [5.74, 6) is 0.0323. The Hall–Kier alpha value is -2.36. The molecule has 0 saturated carbocycles. The maximum atomic E-state index is 12.4. The second-order valence-corrected chi connectivity index (χ2v) is 5.56. The molecule has 22 heavy (non-hydrogen) atoms. The van der Waals surface area contributed by atoms with Crippen LogP contribution in [0.25, 0.3) is 0 Å². The standard InChI is InChI=1S/C18H21N3O/c1-2-14-7-3-4-8-16(14)20-15-9-10-19-17(13-15)18(22)21-11-5-6-12-21/h3-4,7-10,13H,2,5-6,11-12H2,1H3,(H,19,20). The third-order valence-corrected chi connectivity index (χ3v) is 4.05. The molecular formula is C18H21N3O. The van der Waals surface area contributed by atoms with Gasteiger partial charge in [-0.1, -0.05) is 25.1 Å². The van der Waals surface area contributed by atoms with Crippen LogP contribution in [-0.2, 0) is 6.42 Å². The molecule has 1 aliphatic rings. The normalized spacial score (nSPS) is 14.1. The fourth-order valence-corrected chi connectivity index (χ4v) is 2.81. The quantitative estimate of drug-likeness (QED) is 0.937. The zero-order valence-electron chi connectivity index (χ0n) is 12.9. The average molecular weight is 295 g/mol. The maximum Gasteiger partial charge on any atom is 0.272 e. The van der Waals surface area contributed by atoms with Crippen LogP contribution in [0.2, 0.25) is 0 Å². The van der Waals surface area contributed by atoms with E-state index in [1.165, 1.54) is 5.56 Å². The molecule has 0 unspecified atom stereocenters. The molecule has 0 atom stereocenters. The van der Waals surface area contributed by atoms with Crippen LogP contribution < -0.4 is 5.32 Å². The van der Waals surface area contributed by atoms with E-state index in [9.17, 15) is 4.79 Å². The van der Waals surface area contributed by atoms with Gasteiger partial charge < -0.3 is 10.2 Å². The highest BCUT2D eigenvalue weighted by Crippen LogP contribution is 2.22. The van der Waals surface area contributed by atoms with Crippen molar-refractivity contribution in [1.29, 1.82) is 0 Å². The van der Waals surface area contributed by atoms with Gasteiger partial charge in [0, 0.05) is 30.7 Å². The summed E-state index contributed by atoms with van der Waals surface area (Å²) < 4.78 is 0. The molecule has 2 aromatic rings. The van der Waals surface area contributed by atoms with Gasteiger partial charge in [0.15, 0.2) is 0 Å². The van der Waals surface area contributed by atoms with Gasteiger partial charge in [-0.25, -0.2) is 0 Å². The Morgan fingerprint density at radius 2 is 2.00 bits per heavy atom. The van der Waals surface area contributed by atoms with Gasteiger partial charge in [-0.3, -0.25) is 9.78 Å². The first-order chi connectivity index (χ1) is 10.8. The lowest BCUT2D eigenvalue weighted by Crippen LogP contribution is -2.28. The number of amides is 1. The number of nitrogens with zero attached hydrogens (tertiary/aromatic N) is 2. The molecule has 1 aromatic carbocycles. The molecule has 1 aliphatic heterocycles. The first kappa shape index (κ1) is 14.6. The molecule has 3 rings (SSSR count). The molecule has 1 N–H and O–H groups in total. The first-order valence-corrected chi connectivity index (χ1v) is 7.88. The molecule has 0 radical (unpaired) electrons. The smallest absolute Gasteiger partial charge is 0.272 e. The minimum Gasteiger partial charge on any atom is -0.355 e. The highest BCUT2D eigenvalue weighted by atomic mass is 16.2. The molecule has 0 spiro atoms. The number of anilines is 2. The lowest BCUT2D eigenvalue weighted by Gasteiger charge is -2.15. The Bertz CT molecular complexity index is 663. The van der Waals surface area contributed by atoms with Crippen molar-refractivity contribution in [3.8, 4) is 0 Å². The molecule has 4 heteroatoms. The molecule has 0 aliphatic carbocycles. The second kappa shape index (κ2) is 6.60. The summed E-state index contributed by atoms with van der Waals surface area (Å²) >= 11 is 0. The van der Waals surface area contributed by atoms with E-state index < -0.39 is 0 Å². The van der Waals surface area contributed by atoms with E-state index in [4.69, 9.17) is 0 Å². The van der Waals surface area contributed by atoms with Crippen LogP contribution in [0.5, 0.6) is 0 Å². The van der Waals surface area contributed by atoms with Gasteiger partial charge in [0.05, 0.1) is 0 Å². The first-order valence-electron chi connectivity index (χ1n) is 7.88. The van der Waals surface area contributed by atoms with Crippen LogP contribution >= 0.6 is 0 Å². The number of aryl methyl sites for hydroxylation is 1. The third-order valence-electron chi connectivity index (χ3n) is 4.05. The number of para-hydroxylation sites is 1. The summed E-state index contributed by atoms with van der Waals surface area (Å²) in [6, 6.07) is 12.0. The Morgan fingerprint density at radius 3 is 2.77 bits per heavy atom. The highest BCUT2D eigenvalue weighted by Gasteiger charge is 2.20. The molecular weight excluding hydrogens is 274 g/mol. The van der Waals surface area contributed by atoms with Gasteiger partial charge in [-0.2, -0.15) is 0 Å². The van der Waals surface area contributed by atoms with Crippen LogP contribution in [0, 0.1) is 0 Å². The number of nitrogens with one attached hydrogen (secondary N) is 1. The van der Waals surface area contributed by atoms with Crippen molar-refractivity contribution in [3.63, 3.8) is 0 Å². The van der Waals surface area contributed by atoms with E-state index in [0.717, 1.165) is 43.7 Å². The van der Waals surface area contributed by atoms with Crippen LogP contribution in [0.3, 0.4) is 0 Å². The van der Waals surface area contributed by atoms with Crippen LogP contribution in [0.4, 0.5) is 11.4 Å². The van der Waals surface area contributed by atoms with Crippen LogP contribution in [-0.4, -0.2) is 28.9 Å². The number of hydrogen-bond donors (Lipinski definition) is 1. The van der Waals surface area contributed by atoms with Gasteiger partial charge in [0.2, 0.25) is 0 Å². The van der Waals surface area contributed by atoms with Crippen molar-refractivity contribution in [2.75, 3.05) is 18.4 Å². The molecule has 114 valence electrons. The number of rotatable bonds is 4. The number of hydrogen-bond acceptors (Lipinski definition) is 3. The van der Waals surface area contributed by atoms with E-state index in [1.807, 2.05) is 29.2 Å². The number of carbonyl (C=O) groups excluding carboxylic acids is 1. The van der Waals surface area contributed by atoms with E-state index >= 15 is 0 Å². The SMILES string of the molecule is CCc1ccccc1Nc1ccnc(C(=O)N2CCCC2)c1. The van der Waals surface area contributed by atoms with Crippen molar-refractivity contribution in [1.82, 2.24) is 9.88 Å². The summed E-state index contributed by atoms with van der Waals surface area (Å²) in [6.07, 6.45) is 4.84. The van der Waals surface area contributed by atoms with E-state index in [0.29, 0.717) is 5.69 Å². The summed E-state index contributed by atoms with van der Waals surface area (Å²) in [7, 11) is 0. The van der Waals surface area contributed by atoms with Gasteiger partial charge in [0.1, 0.15) is 5.69 Å². The molecule has 1 amide bonds. The third kappa shape index (κ3) is 3.11. The fraction of sp³-hybridized carbons (Fsp3) is 0.333. The largest absolute Gasteiger partial charge is 0.355 e. The van der Waals surface area contributed by atoms with Gasteiger partial charge >= 0.3 is 0 Å². The zero-order chi connectivity index (χ0) is 15.4. The predicted molar refractivity (Wildman–Crippen MR) is 88.5 cm³/mol. The summed E-state index contributed by atoms with van der Waals surface area (Å²) in [6.45, 7) is 3.82. The number of likely N-dealkylation sites (tertiary alicyclic amines) is 1. The number of carbonyl (C=O) groups is 1. The van der Waals surface area contributed by atoms with E-state index in [-0.39, 0.29) is 5.91 Å². The highest BCUT2D eigenvalue weighted by molar-refractivity contribution is 5.93. The minimum atomic E-state index is 0.0323. The molecule has 0 bridgehead atoms. The summed E-state index contributed by atoms with van der Waals surface area (Å²) in [4.78, 5) is 18.5. The zero-order valence-corrected chi connectivity index (χ0v) is 12.9. The molecule has 1 saturated heterocycles. The number of aromatic nitrogens is 1. The molecule has 4 nitrogen and oxygen atoms in total. The molecule has 2 heterocycles. The topological polar surface area (TPSA) is 45.2 Å². The lowest BCUT2D eigenvalue weighted by molar-refractivity contribution is 0.0787. The second-order valence-electron chi connectivity index (χ2n) is 5.56. The summed E-state index contributed by atoms with van der Waals surface area (Å²) in [5, 5.41) is 3.40. The van der Waals surface area contributed by atoms with Crippen LogP contribution in [0.15, 0.2) is 42.6 Å². The predicted octanol–water partition coefficient (Wildman–Crippen LogP) is 3.62. The van der Waals surface area contributed by atoms with Crippen molar-refractivity contribution in [2.24, 2.45) is 0 Å². The Kier molecular flexibility index (Phi) is 4.37. The van der Waals surface area contributed by atoms with Gasteiger partial charge in [-0.15, -0.1) is 0 Å². The number of benzene rings is 1. The van der Waals surface area contributed by atoms with Gasteiger partial charge in [0.25, 0.3) is 5.91 Å². The average Bonchev–Trinajstić information content (AvgIpc) is 3.09. The Balaban J connectivity index is 1.80. The monoisotopic (exact) mass is 295 g/mol. The lowest BCUT2D eigenvalue weighted by atomic mass is 10.1. The van der Waals surface area contributed by atoms with Crippen LogP contribution in [0.1, 0.15) is 35.8 Å². The van der Waals surface area contributed by atoms with Crippen molar-refractivity contribution in [3.05, 3.63) is 53.9 Å². The van der Waals surface area contributed by atoms with Crippen molar-refractivity contribution in [2.45, 2.75) is 26.2 Å². The Morgan fingerprint density at radius 1 is 1.23 bits per heavy atom. The van der Waals surface area contributed by atoms with E-state index in [2.05, 4.69) is 29.4 Å². The van der Waals surface area contributed by atoms with Gasteiger partial charge in [-0.05, 0) is 43.0 Å². The number of pyridine rings is 1. The Labute approximate surface area is 131 Å². The maximum absolute atomic E-state index is 12.4. The van der Waals surface area contributed by atoms with Crippen molar-refractivity contribution < 1.29 is 4.79 Å². The van der Waals surface area contributed by atoms with Crippen molar-refractivity contribution >= 4 is 17.3 Å². The fourth-order valence-electron chi connectivity index (χ4n) is 2.81. The molecule has 1 fully saturated rings.